The molecular formula is C16H20N4OS. The smallest absolute Gasteiger partial charge is 0.220 e. The summed E-state index contributed by atoms with van der Waals surface area (Å²) < 4.78 is 0. The molecule has 0 saturated carbocycles. The summed E-state index contributed by atoms with van der Waals surface area (Å²) in [7, 11) is 1.91. The highest BCUT2D eigenvalue weighted by atomic mass is 32.1. The second-order valence-electron chi connectivity index (χ2n) is 5.51. The van der Waals surface area contributed by atoms with Crippen molar-refractivity contribution >= 4 is 28.1 Å². The van der Waals surface area contributed by atoms with Crippen LogP contribution in [0.25, 0.3) is 11.3 Å². The number of hydrogen-bond acceptors (Lipinski definition) is 5. The van der Waals surface area contributed by atoms with Crippen molar-refractivity contribution in [3.8, 4) is 11.3 Å². The number of hydrogen-bond donors (Lipinski definition) is 2. The van der Waals surface area contributed by atoms with Gasteiger partial charge in [-0.15, -0.1) is 11.3 Å². The number of piperidine rings is 1. The molecule has 1 aliphatic heterocycles. The van der Waals surface area contributed by atoms with Crippen LogP contribution >= 0.6 is 11.3 Å². The molecule has 1 amide bonds. The van der Waals surface area contributed by atoms with Gasteiger partial charge in [-0.3, -0.25) is 4.79 Å². The molecule has 0 bridgehead atoms. The predicted molar refractivity (Wildman–Crippen MR) is 91.2 cm³/mol. The lowest BCUT2D eigenvalue weighted by Crippen LogP contribution is -2.38. The van der Waals surface area contributed by atoms with Crippen LogP contribution in [-0.4, -0.2) is 31.0 Å². The third-order valence-electron chi connectivity index (χ3n) is 4.13. The summed E-state index contributed by atoms with van der Waals surface area (Å²) in [5, 5.41) is 6.22. The highest BCUT2D eigenvalue weighted by Gasteiger charge is 2.24. The SMILES string of the molecule is CNc1ccc(-c2csc(N3CCC(C(N)=O)CC3)n2)cc1. The molecule has 2 heterocycles. The molecule has 0 atom stereocenters. The van der Waals surface area contributed by atoms with E-state index < -0.39 is 0 Å². The quantitative estimate of drug-likeness (QED) is 0.909. The number of carbonyl (C=O) groups is 1. The normalized spacial score (nSPS) is 15.8. The first-order chi connectivity index (χ1) is 10.7. The van der Waals surface area contributed by atoms with Crippen molar-refractivity contribution in [2.75, 3.05) is 30.4 Å². The van der Waals surface area contributed by atoms with E-state index in [4.69, 9.17) is 10.7 Å². The second-order valence-corrected chi connectivity index (χ2v) is 6.34. The molecule has 3 N–H and O–H groups in total. The molecule has 0 radical (unpaired) electrons. The molecule has 6 heteroatoms. The first kappa shape index (κ1) is 14.8. The highest BCUT2D eigenvalue weighted by Crippen LogP contribution is 2.30. The van der Waals surface area contributed by atoms with Crippen LogP contribution in [0.15, 0.2) is 29.6 Å². The van der Waals surface area contributed by atoms with Crippen molar-refractivity contribution in [2.45, 2.75) is 12.8 Å². The summed E-state index contributed by atoms with van der Waals surface area (Å²) in [6, 6.07) is 8.24. The van der Waals surface area contributed by atoms with Gasteiger partial charge >= 0.3 is 0 Å². The highest BCUT2D eigenvalue weighted by molar-refractivity contribution is 7.14. The Morgan fingerprint density at radius 3 is 2.59 bits per heavy atom. The van der Waals surface area contributed by atoms with Crippen molar-refractivity contribution in [3.63, 3.8) is 0 Å². The second kappa shape index (κ2) is 6.36. The Morgan fingerprint density at radius 1 is 1.32 bits per heavy atom. The van der Waals surface area contributed by atoms with Gasteiger partial charge in [0.1, 0.15) is 0 Å². The lowest BCUT2D eigenvalue weighted by Gasteiger charge is -2.30. The number of rotatable bonds is 4. The molecule has 0 spiro atoms. The molecule has 1 saturated heterocycles. The number of nitrogens with zero attached hydrogens (tertiary/aromatic N) is 2. The monoisotopic (exact) mass is 316 g/mol. The lowest BCUT2D eigenvalue weighted by molar-refractivity contribution is -0.122. The third kappa shape index (κ3) is 3.06. The fourth-order valence-corrected chi connectivity index (χ4v) is 3.59. The van der Waals surface area contributed by atoms with Gasteiger partial charge in [0.2, 0.25) is 5.91 Å². The molecular weight excluding hydrogens is 296 g/mol. The van der Waals surface area contributed by atoms with E-state index in [1.165, 1.54) is 0 Å². The molecule has 2 aromatic rings. The maximum absolute atomic E-state index is 11.2. The summed E-state index contributed by atoms with van der Waals surface area (Å²) in [5.74, 6) is -0.158. The van der Waals surface area contributed by atoms with Gasteiger partial charge in [0.15, 0.2) is 5.13 Å². The van der Waals surface area contributed by atoms with Crippen LogP contribution in [0.2, 0.25) is 0 Å². The topological polar surface area (TPSA) is 71.2 Å². The van der Waals surface area contributed by atoms with Gasteiger partial charge in [-0.2, -0.15) is 0 Å². The first-order valence-corrected chi connectivity index (χ1v) is 8.33. The molecule has 1 aromatic heterocycles. The minimum Gasteiger partial charge on any atom is -0.388 e. The number of primary amides is 1. The van der Waals surface area contributed by atoms with Gasteiger partial charge in [-0.05, 0) is 25.0 Å². The number of nitrogens with one attached hydrogen (secondary N) is 1. The van der Waals surface area contributed by atoms with Gasteiger partial charge in [0.05, 0.1) is 5.69 Å². The Kier molecular flexibility index (Phi) is 4.29. The van der Waals surface area contributed by atoms with Crippen LogP contribution in [0.4, 0.5) is 10.8 Å². The molecule has 3 rings (SSSR count). The summed E-state index contributed by atoms with van der Waals surface area (Å²) in [6.07, 6.45) is 1.64. The van der Waals surface area contributed by atoms with E-state index in [0.717, 1.165) is 48.0 Å². The number of anilines is 2. The van der Waals surface area contributed by atoms with Crippen LogP contribution in [0, 0.1) is 5.92 Å². The zero-order valence-electron chi connectivity index (χ0n) is 12.6. The van der Waals surface area contributed by atoms with Crippen molar-refractivity contribution in [1.82, 2.24) is 4.98 Å². The molecule has 0 aliphatic carbocycles. The van der Waals surface area contributed by atoms with E-state index in [1.807, 2.05) is 19.2 Å². The van der Waals surface area contributed by atoms with Crippen LogP contribution in [-0.2, 0) is 4.79 Å². The predicted octanol–water partition coefficient (Wildman–Crippen LogP) is 2.55. The van der Waals surface area contributed by atoms with Gasteiger partial charge in [0, 0.05) is 42.7 Å². The molecule has 1 fully saturated rings. The number of carbonyl (C=O) groups excluding carboxylic acids is 1. The summed E-state index contributed by atoms with van der Waals surface area (Å²) in [4.78, 5) is 18.2. The van der Waals surface area contributed by atoms with E-state index in [-0.39, 0.29) is 11.8 Å². The largest absolute Gasteiger partial charge is 0.388 e. The molecule has 1 aliphatic rings. The van der Waals surface area contributed by atoms with Crippen molar-refractivity contribution in [3.05, 3.63) is 29.6 Å². The zero-order chi connectivity index (χ0) is 15.5. The Balaban J connectivity index is 1.70. The Bertz CT molecular complexity index is 644. The fraction of sp³-hybridized carbons (Fsp3) is 0.375. The number of aromatic nitrogens is 1. The Hall–Kier alpha value is -2.08. The van der Waals surface area contributed by atoms with E-state index in [9.17, 15) is 4.79 Å². The van der Waals surface area contributed by atoms with Gasteiger partial charge in [-0.25, -0.2) is 4.98 Å². The van der Waals surface area contributed by atoms with Gasteiger partial charge in [0.25, 0.3) is 0 Å². The fourth-order valence-electron chi connectivity index (χ4n) is 2.71. The Morgan fingerprint density at radius 2 is 2.00 bits per heavy atom. The summed E-state index contributed by atoms with van der Waals surface area (Å²) in [5.41, 5.74) is 8.59. The molecule has 5 nitrogen and oxygen atoms in total. The van der Waals surface area contributed by atoms with E-state index in [0.29, 0.717) is 0 Å². The summed E-state index contributed by atoms with van der Waals surface area (Å²) in [6.45, 7) is 1.69. The standard InChI is InChI=1S/C16H20N4OS/c1-18-13-4-2-11(3-5-13)14-10-22-16(19-14)20-8-6-12(7-9-20)15(17)21/h2-5,10,12,18H,6-9H2,1H3,(H2,17,21). The van der Waals surface area contributed by atoms with Crippen LogP contribution in [0.5, 0.6) is 0 Å². The van der Waals surface area contributed by atoms with Crippen LogP contribution in [0.1, 0.15) is 12.8 Å². The molecule has 22 heavy (non-hydrogen) atoms. The average molecular weight is 316 g/mol. The molecule has 0 unspecified atom stereocenters. The summed E-state index contributed by atoms with van der Waals surface area (Å²) >= 11 is 1.65. The Labute approximate surface area is 134 Å². The van der Waals surface area contributed by atoms with Crippen LogP contribution < -0.4 is 16.0 Å². The minimum absolute atomic E-state index is 0.0183. The van der Waals surface area contributed by atoms with Gasteiger partial charge < -0.3 is 16.0 Å². The van der Waals surface area contributed by atoms with Crippen molar-refractivity contribution in [1.29, 1.82) is 0 Å². The molecule has 116 valence electrons. The zero-order valence-corrected chi connectivity index (χ0v) is 13.4. The third-order valence-corrected chi connectivity index (χ3v) is 5.03. The van der Waals surface area contributed by atoms with Crippen molar-refractivity contribution in [2.24, 2.45) is 11.7 Å². The number of thiazole rings is 1. The maximum atomic E-state index is 11.2. The van der Waals surface area contributed by atoms with Crippen LogP contribution in [0.3, 0.4) is 0 Å². The minimum atomic E-state index is -0.177. The number of benzene rings is 1. The van der Waals surface area contributed by atoms with Crippen molar-refractivity contribution < 1.29 is 4.79 Å². The lowest BCUT2D eigenvalue weighted by atomic mass is 9.97. The van der Waals surface area contributed by atoms with Gasteiger partial charge in [-0.1, -0.05) is 12.1 Å². The van der Waals surface area contributed by atoms with E-state index >= 15 is 0 Å². The van der Waals surface area contributed by atoms with E-state index in [2.05, 4.69) is 27.7 Å². The first-order valence-electron chi connectivity index (χ1n) is 7.45. The maximum Gasteiger partial charge on any atom is 0.220 e. The number of nitrogens with two attached hydrogens (primary N) is 1. The number of amides is 1. The average Bonchev–Trinajstić information content (AvgIpc) is 3.05. The van der Waals surface area contributed by atoms with E-state index in [1.54, 1.807) is 11.3 Å². The molecule has 1 aromatic carbocycles.